The molecule has 2 amide bonds. The van der Waals surface area contributed by atoms with Gasteiger partial charge in [0.2, 0.25) is 22.3 Å². The van der Waals surface area contributed by atoms with E-state index in [1.165, 1.54) is 19.2 Å². The van der Waals surface area contributed by atoms with Gasteiger partial charge in [-0.05, 0) is 12.1 Å². The Bertz CT molecular complexity index is 803. The van der Waals surface area contributed by atoms with Gasteiger partial charge in [-0.25, -0.2) is 13.2 Å². The molecule has 9 nitrogen and oxygen atoms in total. The minimum Gasteiger partial charge on any atom is -0.465 e. The van der Waals surface area contributed by atoms with Crippen molar-refractivity contribution in [3.8, 4) is 0 Å². The molecule has 0 saturated carbocycles. The highest BCUT2D eigenvalue weighted by Crippen LogP contribution is 2.24. The van der Waals surface area contributed by atoms with E-state index in [1.54, 1.807) is 21.9 Å². The molecule has 10 heteroatoms. The Morgan fingerprint density at radius 1 is 1.19 bits per heavy atom. The number of sulfonamides is 1. The first-order valence-corrected chi connectivity index (χ1v) is 10.2. The Balaban J connectivity index is 2.14. The van der Waals surface area contributed by atoms with Crippen LogP contribution in [0.3, 0.4) is 0 Å². The summed E-state index contributed by atoms with van der Waals surface area (Å²) < 4.78 is 30.3. The number of esters is 1. The highest BCUT2D eigenvalue weighted by molar-refractivity contribution is 7.92. The van der Waals surface area contributed by atoms with Gasteiger partial charge < -0.3 is 14.5 Å². The van der Waals surface area contributed by atoms with E-state index in [0.717, 1.165) is 17.0 Å². The normalized spacial score (nSPS) is 14.6. The van der Waals surface area contributed by atoms with Crippen LogP contribution in [0.15, 0.2) is 24.3 Å². The van der Waals surface area contributed by atoms with Crippen LogP contribution >= 0.6 is 0 Å². The highest BCUT2D eigenvalue weighted by Gasteiger charge is 2.26. The van der Waals surface area contributed by atoms with Crippen LogP contribution in [0.2, 0.25) is 0 Å². The van der Waals surface area contributed by atoms with Gasteiger partial charge >= 0.3 is 5.97 Å². The summed E-state index contributed by atoms with van der Waals surface area (Å²) in [5.41, 5.74) is 0.280. The average Bonchev–Trinajstić information content (AvgIpc) is 2.66. The van der Waals surface area contributed by atoms with Crippen molar-refractivity contribution >= 4 is 34.0 Å². The highest BCUT2D eigenvalue weighted by atomic mass is 32.2. The molecule has 1 aromatic carbocycles. The predicted molar refractivity (Wildman–Crippen MR) is 98.8 cm³/mol. The number of ether oxygens (including phenoxy) is 1. The van der Waals surface area contributed by atoms with Gasteiger partial charge in [-0.2, -0.15) is 0 Å². The fourth-order valence-electron chi connectivity index (χ4n) is 2.87. The van der Waals surface area contributed by atoms with Crippen LogP contribution in [0.5, 0.6) is 0 Å². The van der Waals surface area contributed by atoms with E-state index in [0.29, 0.717) is 26.2 Å². The molecule has 1 aliphatic heterocycles. The Kier molecular flexibility index (Phi) is 6.78. The zero-order valence-corrected chi connectivity index (χ0v) is 16.1. The number of benzene rings is 1. The molecule has 1 saturated heterocycles. The summed E-state index contributed by atoms with van der Waals surface area (Å²) in [6.07, 6.45) is 1.73. The van der Waals surface area contributed by atoms with E-state index in [4.69, 9.17) is 4.74 Å². The van der Waals surface area contributed by atoms with Crippen molar-refractivity contribution in [1.82, 2.24) is 9.80 Å². The second-order valence-corrected chi connectivity index (χ2v) is 8.02. The molecule has 0 N–H and O–H groups in total. The summed E-state index contributed by atoms with van der Waals surface area (Å²) in [5, 5.41) is 0. The molecular formula is C17H23N3O6S. The number of hydrogen-bond acceptors (Lipinski definition) is 6. The van der Waals surface area contributed by atoms with Gasteiger partial charge in [0, 0.05) is 39.1 Å². The zero-order valence-electron chi connectivity index (χ0n) is 15.3. The number of amides is 2. The number of piperazine rings is 1. The first kappa shape index (κ1) is 20.7. The minimum atomic E-state index is -3.72. The van der Waals surface area contributed by atoms with Gasteiger partial charge in [-0.1, -0.05) is 12.1 Å². The van der Waals surface area contributed by atoms with Crippen molar-refractivity contribution in [1.29, 1.82) is 0 Å². The van der Waals surface area contributed by atoms with Crippen molar-refractivity contribution < 1.29 is 27.5 Å². The van der Waals surface area contributed by atoms with E-state index >= 15 is 0 Å². The van der Waals surface area contributed by atoms with Crippen molar-refractivity contribution in [2.75, 3.05) is 50.4 Å². The van der Waals surface area contributed by atoms with Crippen LogP contribution in [0.1, 0.15) is 16.8 Å². The van der Waals surface area contributed by atoms with E-state index in [9.17, 15) is 22.8 Å². The molecule has 27 heavy (non-hydrogen) atoms. The van der Waals surface area contributed by atoms with Gasteiger partial charge in [-0.15, -0.1) is 0 Å². The molecule has 2 rings (SSSR count). The number of carbonyl (C=O) groups is 3. The Labute approximate surface area is 158 Å². The van der Waals surface area contributed by atoms with Gasteiger partial charge in [-0.3, -0.25) is 13.9 Å². The summed E-state index contributed by atoms with van der Waals surface area (Å²) >= 11 is 0. The smallest absolute Gasteiger partial charge is 0.340 e. The summed E-state index contributed by atoms with van der Waals surface area (Å²) in [7, 11) is -2.51. The Morgan fingerprint density at radius 2 is 1.81 bits per heavy atom. The van der Waals surface area contributed by atoms with Crippen LogP contribution in [0, 0.1) is 0 Å². The summed E-state index contributed by atoms with van der Waals surface area (Å²) in [4.78, 5) is 38.3. The molecule has 0 aromatic heterocycles. The molecule has 0 unspecified atom stereocenters. The van der Waals surface area contributed by atoms with Gasteiger partial charge in [0.25, 0.3) is 0 Å². The fourth-order valence-corrected chi connectivity index (χ4v) is 3.81. The number of para-hydroxylation sites is 1. The molecule has 1 aliphatic rings. The fraction of sp³-hybridized carbons (Fsp3) is 0.471. The van der Waals surface area contributed by atoms with E-state index in [2.05, 4.69) is 0 Å². The largest absolute Gasteiger partial charge is 0.465 e. The maximum atomic E-state index is 12.4. The van der Waals surface area contributed by atoms with Gasteiger partial charge in [0.1, 0.15) is 0 Å². The molecule has 0 bridgehead atoms. The molecule has 1 heterocycles. The third kappa shape index (κ3) is 5.19. The lowest BCUT2D eigenvalue weighted by Gasteiger charge is -2.33. The maximum Gasteiger partial charge on any atom is 0.340 e. The lowest BCUT2D eigenvalue weighted by Crippen LogP contribution is -2.48. The first-order chi connectivity index (χ1) is 12.8. The first-order valence-electron chi connectivity index (χ1n) is 8.40. The van der Waals surface area contributed by atoms with E-state index in [-0.39, 0.29) is 30.1 Å². The van der Waals surface area contributed by atoms with Crippen molar-refractivity contribution in [2.24, 2.45) is 0 Å². The average molecular weight is 397 g/mol. The van der Waals surface area contributed by atoms with Crippen LogP contribution in [0.25, 0.3) is 0 Å². The molecule has 148 valence electrons. The minimum absolute atomic E-state index is 0.0380. The molecule has 1 aromatic rings. The number of hydrogen-bond donors (Lipinski definition) is 0. The molecule has 0 radical (unpaired) electrons. The maximum absolute atomic E-state index is 12.4. The number of carbonyl (C=O) groups excluding carboxylic acids is 3. The number of rotatable bonds is 7. The summed E-state index contributed by atoms with van der Waals surface area (Å²) in [6.45, 7) is 1.64. The summed E-state index contributed by atoms with van der Waals surface area (Å²) in [6, 6.07) is 6.19. The monoisotopic (exact) mass is 397 g/mol. The standard InChI is InChI=1S/C17H23N3O6S/c1-26-17(23)14-5-3-4-6-15(14)20(27(2,24)25)8-7-16(22)19-11-9-18(13-21)10-12-19/h3-6,13H,7-12H2,1-2H3. The predicted octanol–water partition coefficient (Wildman–Crippen LogP) is -0.0701. The molecule has 0 aliphatic carbocycles. The molecule has 0 atom stereocenters. The van der Waals surface area contributed by atoms with Gasteiger partial charge in [0.05, 0.1) is 24.6 Å². The Morgan fingerprint density at radius 3 is 2.37 bits per heavy atom. The van der Waals surface area contributed by atoms with Crippen LogP contribution < -0.4 is 4.31 Å². The number of methoxy groups -OCH3 is 1. The van der Waals surface area contributed by atoms with Crippen LogP contribution in [-0.4, -0.2) is 82.6 Å². The topological polar surface area (TPSA) is 104 Å². The second-order valence-electron chi connectivity index (χ2n) is 6.12. The zero-order chi connectivity index (χ0) is 20.0. The molecule has 1 fully saturated rings. The number of anilines is 1. The molecule has 0 spiro atoms. The van der Waals surface area contributed by atoms with E-state index in [1.807, 2.05) is 0 Å². The number of nitrogens with zero attached hydrogens (tertiary/aromatic N) is 3. The van der Waals surface area contributed by atoms with Crippen LogP contribution in [-0.2, 0) is 24.3 Å². The SMILES string of the molecule is COC(=O)c1ccccc1N(CCC(=O)N1CCN(C=O)CC1)S(C)(=O)=O. The second kappa shape index (κ2) is 8.85. The van der Waals surface area contributed by atoms with Crippen molar-refractivity contribution in [3.05, 3.63) is 29.8 Å². The van der Waals surface area contributed by atoms with Crippen molar-refractivity contribution in [3.63, 3.8) is 0 Å². The molecular weight excluding hydrogens is 374 g/mol. The lowest BCUT2D eigenvalue weighted by atomic mass is 10.1. The van der Waals surface area contributed by atoms with E-state index < -0.39 is 16.0 Å². The van der Waals surface area contributed by atoms with Gasteiger partial charge in [0.15, 0.2) is 0 Å². The quantitative estimate of drug-likeness (QED) is 0.471. The van der Waals surface area contributed by atoms with Crippen molar-refractivity contribution in [2.45, 2.75) is 6.42 Å². The van der Waals surface area contributed by atoms with Crippen LogP contribution in [0.4, 0.5) is 5.69 Å². The Hall–Kier alpha value is -2.62. The summed E-state index contributed by atoms with van der Waals surface area (Å²) in [5.74, 6) is -0.861. The third-order valence-electron chi connectivity index (χ3n) is 4.32. The third-order valence-corrected chi connectivity index (χ3v) is 5.50. The lowest BCUT2D eigenvalue weighted by molar-refractivity contribution is -0.134.